The molecule has 0 saturated heterocycles. The molecule has 1 heterocycles. The van der Waals surface area contributed by atoms with Crippen LogP contribution in [0.2, 0.25) is 0 Å². The molecule has 35 heavy (non-hydrogen) atoms. The number of allylic oxidation sites excluding steroid dienone is 3. The van der Waals surface area contributed by atoms with Crippen LogP contribution in [0.1, 0.15) is 129 Å². The van der Waals surface area contributed by atoms with Crippen LogP contribution < -0.4 is 4.74 Å². The van der Waals surface area contributed by atoms with Crippen molar-refractivity contribution in [2.24, 2.45) is 11.8 Å². The van der Waals surface area contributed by atoms with Gasteiger partial charge in [-0.25, -0.2) is 0 Å². The van der Waals surface area contributed by atoms with E-state index in [0.29, 0.717) is 24.0 Å². The maximum atomic E-state index is 11.6. The molecule has 194 valence electrons. The van der Waals surface area contributed by atoms with Crippen LogP contribution in [0.5, 0.6) is 11.5 Å². The van der Waals surface area contributed by atoms with Crippen LogP contribution in [0.15, 0.2) is 29.9 Å². The van der Waals surface area contributed by atoms with Gasteiger partial charge in [0.25, 0.3) is 0 Å². The molecule has 1 aliphatic heterocycles. The zero-order chi connectivity index (χ0) is 25.2. The van der Waals surface area contributed by atoms with Gasteiger partial charge in [-0.15, -0.1) is 0 Å². The van der Waals surface area contributed by atoms with Crippen molar-refractivity contribution in [3.63, 3.8) is 0 Å². The molecule has 0 amide bonds. The van der Waals surface area contributed by atoms with Crippen LogP contribution in [-0.4, -0.2) is 21.4 Å². The van der Waals surface area contributed by atoms with Gasteiger partial charge >= 0.3 is 0 Å². The molecule has 0 aromatic heterocycles. The van der Waals surface area contributed by atoms with Gasteiger partial charge in [-0.3, -0.25) is 0 Å². The largest absolute Gasteiger partial charge is 0.507 e. The Hall–Kier alpha value is -1.74. The van der Waals surface area contributed by atoms with E-state index in [2.05, 4.69) is 52.8 Å². The van der Waals surface area contributed by atoms with Crippen LogP contribution >= 0.6 is 0 Å². The standard InChI is InChI=1S/C32H48O3/c1-6-8-12-17-32(34,7-2)21-26(23-13-10-9-11-14-23)24-19-28(33)30-25-18-22(3)15-16-27(25)31(4,5)35-29(30)20-24/h15,19-21,23,25,27,33-34H,6-14,16-18H2,1-5H3. The number of hydrogen-bond acceptors (Lipinski definition) is 3. The number of ether oxygens (including phenoxy) is 1. The van der Waals surface area contributed by atoms with Gasteiger partial charge in [-0.05, 0) is 94.6 Å². The number of unbranched alkanes of at least 4 members (excludes halogenated alkanes) is 2. The summed E-state index contributed by atoms with van der Waals surface area (Å²) in [5, 5.41) is 23.0. The van der Waals surface area contributed by atoms with Crippen molar-refractivity contribution in [3.8, 4) is 11.5 Å². The Morgan fingerprint density at radius 2 is 1.89 bits per heavy atom. The predicted octanol–water partition coefficient (Wildman–Crippen LogP) is 8.69. The van der Waals surface area contributed by atoms with Gasteiger partial charge < -0.3 is 14.9 Å². The Kier molecular flexibility index (Phi) is 8.05. The van der Waals surface area contributed by atoms with E-state index in [-0.39, 0.29) is 11.5 Å². The molecule has 1 saturated carbocycles. The number of hydrogen-bond donors (Lipinski definition) is 2. The molecule has 0 bridgehead atoms. The van der Waals surface area contributed by atoms with Crippen molar-refractivity contribution in [3.05, 3.63) is 41.0 Å². The first-order valence-corrected chi connectivity index (χ1v) is 14.3. The normalized spacial score (nSPS) is 26.2. The van der Waals surface area contributed by atoms with Gasteiger partial charge in [0.2, 0.25) is 0 Å². The van der Waals surface area contributed by atoms with Crippen LogP contribution in [0.4, 0.5) is 0 Å². The molecule has 0 radical (unpaired) electrons. The van der Waals surface area contributed by atoms with Gasteiger partial charge in [0.1, 0.15) is 17.1 Å². The Bertz CT molecular complexity index is 950. The van der Waals surface area contributed by atoms with Crippen molar-refractivity contribution in [2.45, 2.75) is 129 Å². The Morgan fingerprint density at radius 3 is 2.57 bits per heavy atom. The zero-order valence-corrected chi connectivity index (χ0v) is 22.8. The molecular weight excluding hydrogens is 432 g/mol. The quantitative estimate of drug-likeness (QED) is 0.289. The lowest BCUT2D eigenvalue weighted by Gasteiger charge is -2.47. The number of phenolic OH excluding ortho intramolecular Hbond substituents is 1. The summed E-state index contributed by atoms with van der Waals surface area (Å²) in [6.45, 7) is 10.9. The maximum Gasteiger partial charge on any atom is 0.127 e. The molecule has 3 aliphatic rings. The average Bonchev–Trinajstić information content (AvgIpc) is 2.82. The molecule has 3 heteroatoms. The Morgan fingerprint density at radius 1 is 1.14 bits per heavy atom. The molecule has 2 N–H and O–H groups in total. The Balaban J connectivity index is 1.77. The summed E-state index contributed by atoms with van der Waals surface area (Å²) >= 11 is 0. The minimum Gasteiger partial charge on any atom is -0.507 e. The van der Waals surface area contributed by atoms with E-state index < -0.39 is 5.60 Å². The lowest BCUT2D eigenvalue weighted by atomic mass is 9.67. The third-order valence-electron chi connectivity index (χ3n) is 9.13. The second kappa shape index (κ2) is 10.7. The molecule has 3 atom stereocenters. The highest BCUT2D eigenvalue weighted by atomic mass is 16.5. The third-order valence-corrected chi connectivity index (χ3v) is 9.13. The maximum absolute atomic E-state index is 11.6. The zero-order valence-electron chi connectivity index (χ0n) is 22.8. The van der Waals surface area contributed by atoms with E-state index in [1.807, 2.05) is 6.07 Å². The summed E-state index contributed by atoms with van der Waals surface area (Å²) in [5.41, 5.74) is 3.56. The van der Waals surface area contributed by atoms with Gasteiger partial charge in [0.05, 0.1) is 5.60 Å². The summed E-state index contributed by atoms with van der Waals surface area (Å²) in [7, 11) is 0. The first-order chi connectivity index (χ1) is 16.7. The van der Waals surface area contributed by atoms with Gasteiger partial charge in [-0.2, -0.15) is 0 Å². The smallest absolute Gasteiger partial charge is 0.127 e. The van der Waals surface area contributed by atoms with Crippen LogP contribution in [0, 0.1) is 11.8 Å². The van der Waals surface area contributed by atoms with E-state index in [0.717, 1.165) is 68.2 Å². The monoisotopic (exact) mass is 480 g/mol. The fraction of sp³-hybridized carbons (Fsp3) is 0.688. The lowest BCUT2D eigenvalue weighted by Crippen LogP contribution is -2.45. The van der Waals surface area contributed by atoms with E-state index in [1.54, 1.807) is 0 Å². The van der Waals surface area contributed by atoms with E-state index in [9.17, 15) is 10.2 Å². The minimum absolute atomic E-state index is 0.279. The Labute approximate surface area is 213 Å². The van der Waals surface area contributed by atoms with Crippen molar-refractivity contribution < 1.29 is 14.9 Å². The molecule has 1 aromatic carbocycles. The molecule has 1 fully saturated rings. The molecule has 2 aliphatic carbocycles. The highest BCUT2D eigenvalue weighted by Gasteiger charge is 2.46. The molecule has 3 nitrogen and oxygen atoms in total. The topological polar surface area (TPSA) is 49.7 Å². The first-order valence-electron chi connectivity index (χ1n) is 14.3. The SMILES string of the molecule is CCCCCC(O)(C=C(c1cc(O)c2c(c1)OC(C)(C)C1CC=C(C)CC21)C1CCCCC1)CC. The van der Waals surface area contributed by atoms with Gasteiger partial charge in [0, 0.05) is 17.4 Å². The van der Waals surface area contributed by atoms with Crippen molar-refractivity contribution in [1.29, 1.82) is 0 Å². The van der Waals surface area contributed by atoms with Crippen molar-refractivity contribution >= 4 is 5.57 Å². The summed E-state index contributed by atoms with van der Waals surface area (Å²) in [5.74, 6) is 2.29. The summed E-state index contributed by atoms with van der Waals surface area (Å²) in [4.78, 5) is 0. The number of benzene rings is 1. The highest BCUT2D eigenvalue weighted by molar-refractivity contribution is 5.72. The molecule has 3 unspecified atom stereocenters. The molecular formula is C32H48O3. The molecule has 1 aromatic rings. The lowest BCUT2D eigenvalue weighted by molar-refractivity contribution is 0.00757. The second-order valence-corrected chi connectivity index (χ2v) is 12.2. The molecule has 0 spiro atoms. The fourth-order valence-electron chi connectivity index (χ4n) is 6.90. The number of rotatable bonds is 8. The number of aliphatic hydroxyl groups is 1. The van der Waals surface area contributed by atoms with E-state index >= 15 is 0 Å². The van der Waals surface area contributed by atoms with Crippen molar-refractivity contribution in [2.75, 3.05) is 0 Å². The number of aromatic hydroxyl groups is 1. The van der Waals surface area contributed by atoms with Crippen LogP contribution in [0.3, 0.4) is 0 Å². The predicted molar refractivity (Wildman–Crippen MR) is 146 cm³/mol. The van der Waals surface area contributed by atoms with Gasteiger partial charge in [-0.1, -0.05) is 64.0 Å². The van der Waals surface area contributed by atoms with E-state index in [1.165, 1.54) is 30.4 Å². The summed E-state index contributed by atoms with van der Waals surface area (Å²) < 4.78 is 6.64. The van der Waals surface area contributed by atoms with Crippen LogP contribution in [-0.2, 0) is 0 Å². The average molecular weight is 481 g/mol. The summed E-state index contributed by atoms with van der Waals surface area (Å²) in [6.07, 6.45) is 17.4. The number of phenols is 1. The minimum atomic E-state index is -0.802. The van der Waals surface area contributed by atoms with E-state index in [4.69, 9.17) is 4.74 Å². The van der Waals surface area contributed by atoms with Gasteiger partial charge in [0.15, 0.2) is 0 Å². The molecule has 4 rings (SSSR count). The fourth-order valence-corrected chi connectivity index (χ4v) is 6.90. The van der Waals surface area contributed by atoms with Crippen LogP contribution in [0.25, 0.3) is 5.57 Å². The third kappa shape index (κ3) is 5.66. The second-order valence-electron chi connectivity index (χ2n) is 12.2. The first kappa shape index (κ1) is 26.3. The number of fused-ring (bicyclic) bond motifs is 3. The summed E-state index contributed by atoms with van der Waals surface area (Å²) in [6, 6.07) is 4.16. The highest BCUT2D eigenvalue weighted by Crippen LogP contribution is 2.55. The van der Waals surface area contributed by atoms with Crippen molar-refractivity contribution in [1.82, 2.24) is 0 Å².